The fraction of sp³-hybridized carbons (Fsp3) is 0.500. The molecule has 3 heterocycles. The molecule has 2 aromatic heterocycles. The zero-order chi connectivity index (χ0) is 15.7. The lowest BCUT2D eigenvalue weighted by Gasteiger charge is -2.29. The Labute approximate surface area is 130 Å². The van der Waals surface area contributed by atoms with E-state index in [2.05, 4.69) is 15.1 Å². The summed E-state index contributed by atoms with van der Waals surface area (Å²) in [5, 5.41) is 4.15. The van der Waals surface area contributed by atoms with Crippen molar-refractivity contribution in [2.75, 3.05) is 19.3 Å². The highest BCUT2D eigenvalue weighted by Gasteiger charge is 2.26. The maximum Gasteiger partial charge on any atom is 0.211 e. The van der Waals surface area contributed by atoms with Crippen LogP contribution in [0.1, 0.15) is 24.5 Å². The van der Waals surface area contributed by atoms with Gasteiger partial charge in [-0.25, -0.2) is 17.7 Å². The second-order valence-corrected chi connectivity index (χ2v) is 7.65. The summed E-state index contributed by atoms with van der Waals surface area (Å²) in [6.45, 7) is 1.09. The van der Waals surface area contributed by atoms with Gasteiger partial charge < -0.3 is 0 Å². The summed E-state index contributed by atoms with van der Waals surface area (Å²) in [7, 11) is -1.23. The maximum absolute atomic E-state index is 11.6. The largest absolute Gasteiger partial charge is 0.275 e. The van der Waals surface area contributed by atoms with Crippen molar-refractivity contribution < 1.29 is 8.42 Å². The first kappa shape index (κ1) is 15.1. The minimum atomic E-state index is -3.09. The fourth-order valence-electron chi connectivity index (χ4n) is 2.75. The highest BCUT2D eigenvalue weighted by atomic mass is 32.2. The predicted octanol–water partition coefficient (Wildman–Crippen LogP) is 1.02. The van der Waals surface area contributed by atoms with Crippen molar-refractivity contribution in [1.29, 1.82) is 0 Å². The van der Waals surface area contributed by atoms with Crippen LogP contribution in [-0.4, -0.2) is 51.8 Å². The summed E-state index contributed by atoms with van der Waals surface area (Å²) < 4.78 is 26.4. The monoisotopic (exact) mass is 321 g/mol. The van der Waals surface area contributed by atoms with Gasteiger partial charge in [0.05, 0.1) is 30.0 Å². The summed E-state index contributed by atoms with van der Waals surface area (Å²) in [5.74, 6) is 0.252. The number of hydrogen-bond donors (Lipinski definition) is 0. The van der Waals surface area contributed by atoms with Gasteiger partial charge in [-0.2, -0.15) is 5.10 Å². The average Bonchev–Trinajstić information content (AvgIpc) is 2.93. The van der Waals surface area contributed by atoms with Crippen LogP contribution in [0.3, 0.4) is 0 Å². The number of aryl methyl sites for hydroxylation is 1. The highest BCUT2D eigenvalue weighted by Crippen LogP contribution is 2.28. The molecule has 0 amide bonds. The lowest BCUT2D eigenvalue weighted by atomic mass is 9.95. The van der Waals surface area contributed by atoms with E-state index >= 15 is 0 Å². The SMILES string of the molecule is Cn1cc(-c2cncc(C3CCN(S(C)(=O)=O)CC3)n2)cn1. The van der Waals surface area contributed by atoms with Crippen molar-refractivity contribution in [2.24, 2.45) is 7.05 Å². The van der Waals surface area contributed by atoms with Gasteiger partial charge in [0, 0.05) is 44.0 Å². The second kappa shape index (κ2) is 5.77. The molecular weight excluding hydrogens is 302 g/mol. The Bertz CT molecular complexity index is 763. The van der Waals surface area contributed by atoms with E-state index in [1.54, 1.807) is 23.3 Å². The molecule has 0 N–H and O–H groups in total. The molecule has 1 aliphatic rings. The van der Waals surface area contributed by atoms with Crippen LogP contribution in [0.4, 0.5) is 0 Å². The van der Waals surface area contributed by atoms with E-state index in [9.17, 15) is 8.42 Å². The Morgan fingerprint density at radius 3 is 2.50 bits per heavy atom. The van der Waals surface area contributed by atoms with E-state index in [1.807, 2.05) is 13.2 Å². The molecule has 0 unspecified atom stereocenters. The second-order valence-electron chi connectivity index (χ2n) is 5.67. The molecule has 0 radical (unpaired) electrons. The quantitative estimate of drug-likeness (QED) is 0.843. The van der Waals surface area contributed by atoms with Crippen LogP contribution in [0.15, 0.2) is 24.8 Å². The van der Waals surface area contributed by atoms with Crippen molar-refractivity contribution in [3.8, 4) is 11.3 Å². The highest BCUT2D eigenvalue weighted by molar-refractivity contribution is 7.88. The number of nitrogens with zero attached hydrogens (tertiary/aromatic N) is 5. The zero-order valence-electron chi connectivity index (χ0n) is 12.7. The zero-order valence-corrected chi connectivity index (χ0v) is 13.5. The van der Waals surface area contributed by atoms with E-state index in [1.165, 1.54) is 10.6 Å². The van der Waals surface area contributed by atoms with Gasteiger partial charge in [0.15, 0.2) is 0 Å². The standard InChI is InChI=1S/C14H19N5O2S/c1-18-10-12(7-16-18)14-9-15-8-13(17-14)11-3-5-19(6-4-11)22(2,20)21/h7-11H,3-6H2,1-2H3. The molecule has 8 heteroatoms. The predicted molar refractivity (Wildman–Crippen MR) is 82.6 cm³/mol. The molecule has 0 bridgehead atoms. The maximum atomic E-state index is 11.6. The van der Waals surface area contributed by atoms with Crippen molar-refractivity contribution in [1.82, 2.24) is 24.1 Å². The third kappa shape index (κ3) is 3.17. The van der Waals surface area contributed by atoms with Crippen molar-refractivity contribution >= 4 is 10.0 Å². The molecule has 0 aromatic carbocycles. The van der Waals surface area contributed by atoms with Crippen molar-refractivity contribution in [2.45, 2.75) is 18.8 Å². The third-order valence-corrected chi connectivity index (χ3v) is 5.30. The van der Waals surface area contributed by atoms with Crippen LogP contribution in [0.2, 0.25) is 0 Å². The van der Waals surface area contributed by atoms with Gasteiger partial charge in [0.25, 0.3) is 0 Å². The Kier molecular flexibility index (Phi) is 3.96. The molecule has 1 fully saturated rings. The number of hydrogen-bond acceptors (Lipinski definition) is 5. The Balaban J connectivity index is 1.77. The van der Waals surface area contributed by atoms with Crippen LogP contribution in [0, 0.1) is 0 Å². The minimum Gasteiger partial charge on any atom is -0.275 e. The van der Waals surface area contributed by atoms with Crippen LogP contribution >= 0.6 is 0 Å². The Hall–Kier alpha value is -1.80. The summed E-state index contributed by atoms with van der Waals surface area (Å²) in [6.07, 6.45) is 9.99. The molecule has 0 atom stereocenters. The van der Waals surface area contributed by atoms with Crippen molar-refractivity contribution in [3.05, 3.63) is 30.5 Å². The summed E-state index contributed by atoms with van der Waals surface area (Å²) >= 11 is 0. The van der Waals surface area contributed by atoms with Crippen molar-refractivity contribution in [3.63, 3.8) is 0 Å². The van der Waals surface area contributed by atoms with E-state index in [0.717, 1.165) is 29.8 Å². The first-order chi connectivity index (χ1) is 10.4. The van der Waals surface area contributed by atoms with Gasteiger partial charge in [-0.05, 0) is 12.8 Å². The van der Waals surface area contributed by atoms with Crippen LogP contribution in [0.5, 0.6) is 0 Å². The summed E-state index contributed by atoms with van der Waals surface area (Å²) in [5.41, 5.74) is 2.66. The van der Waals surface area contributed by atoms with Gasteiger partial charge in [-0.15, -0.1) is 0 Å². The Morgan fingerprint density at radius 1 is 1.18 bits per heavy atom. The molecule has 3 rings (SSSR count). The van der Waals surface area contributed by atoms with E-state index in [-0.39, 0.29) is 5.92 Å². The Morgan fingerprint density at radius 2 is 1.91 bits per heavy atom. The van der Waals surface area contributed by atoms with Crippen LogP contribution in [-0.2, 0) is 17.1 Å². The molecule has 1 saturated heterocycles. The van der Waals surface area contributed by atoms with Gasteiger partial charge in [0.2, 0.25) is 10.0 Å². The molecule has 0 aliphatic carbocycles. The first-order valence-electron chi connectivity index (χ1n) is 7.19. The molecule has 118 valence electrons. The molecule has 2 aromatic rings. The van der Waals surface area contributed by atoms with Crippen LogP contribution in [0.25, 0.3) is 11.3 Å². The normalized spacial score (nSPS) is 17.7. The third-order valence-electron chi connectivity index (χ3n) is 4.00. The number of piperidine rings is 1. The van der Waals surface area contributed by atoms with Gasteiger partial charge in [0.1, 0.15) is 0 Å². The lowest BCUT2D eigenvalue weighted by Crippen LogP contribution is -2.37. The fourth-order valence-corrected chi connectivity index (χ4v) is 3.63. The molecule has 0 spiro atoms. The summed E-state index contributed by atoms with van der Waals surface area (Å²) in [6, 6.07) is 0. The van der Waals surface area contributed by atoms with Gasteiger partial charge in [-0.1, -0.05) is 0 Å². The minimum absolute atomic E-state index is 0.252. The van der Waals surface area contributed by atoms with Crippen LogP contribution < -0.4 is 0 Å². The smallest absolute Gasteiger partial charge is 0.211 e. The lowest BCUT2D eigenvalue weighted by molar-refractivity contribution is 0.318. The molecular formula is C14H19N5O2S. The summed E-state index contributed by atoms with van der Waals surface area (Å²) in [4.78, 5) is 8.97. The first-order valence-corrected chi connectivity index (χ1v) is 9.04. The van der Waals surface area contributed by atoms with E-state index in [4.69, 9.17) is 0 Å². The van der Waals surface area contributed by atoms with Gasteiger partial charge in [-0.3, -0.25) is 9.67 Å². The van der Waals surface area contributed by atoms with Gasteiger partial charge >= 0.3 is 0 Å². The number of sulfonamides is 1. The number of rotatable bonds is 3. The molecule has 7 nitrogen and oxygen atoms in total. The van der Waals surface area contributed by atoms with E-state index in [0.29, 0.717) is 13.1 Å². The molecule has 22 heavy (non-hydrogen) atoms. The average molecular weight is 321 g/mol. The van der Waals surface area contributed by atoms with E-state index < -0.39 is 10.0 Å². The molecule has 0 saturated carbocycles. The topological polar surface area (TPSA) is 81.0 Å². The molecule has 1 aliphatic heterocycles. The number of aromatic nitrogens is 4.